The number of halogens is 1. The van der Waals surface area contributed by atoms with Gasteiger partial charge in [-0.05, 0) is 24.1 Å². The van der Waals surface area contributed by atoms with Gasteiger partial charge < -0.3 is 14.6 Å². The van der Waals surface area contributed by atoms with Crippen LogP contribution in [-0.4, -0.2) is 37.0 Å². The summed E-state index contributed by atoms with van der Waals surface area (Å²) in [6, 6.07) is 3.70. The zero-order valence-electron chi connectivity index (χ0n) is 9.78. The smallest absolute Gasteiger partial charge is 0.129 e. The zero-order valence-corrected chi connectivity index (χ0v) is 10.5. The summed E-state index contributed by atoms with van der Waals surface area (Å²) in [5, 5.41) is 10.0. The lowest BCUT2D eigenvalue weighted by Gasteiger charge is -2.24. The summed E-state index contributed by atoms with van der Waals surface area (Å²) in [5.41, 5.74) is 1.34. The van der Waals surface area contributed by atoms with Crippen LogP contribution in [0.3, 0.4) is 0 Å². The van der Waals surface area contributed by atoms with E-state index in [1.807, 2.05) is 6.07 Å². The predicted molar refractivity (Wildman–Crippen MR) is 64.2 cm³/mol. The average Bonchev–Trinajstić information content (AvgIpc) is 2.78. The standard InChI is InChI=1S/C12H16ClNO3/c1-16-6-9-4-10(14-11(13)5-9)12(7-15)2-3-17-8-12/h4-5,15H,2-3,6-8H2,1H3. The van der Waals surface area contributed by atoms with Crippen molar-refractivity contribution < 1.29 is 14.6 Å². The van der Waals surface area contributed by atoms with E-state index in [4.69, 9.17) is 21.1 Å². The summed E-state index contributed by atoms with van der Waals surface area (Å²) in [6.07, 6.45) is 0.767. The van der Waals surface area contributed by atoms with Gasteiger partial charge in [0.2, 0.25) is 0 Å². The van der Waals surface area contributed by atoms with Crippen molar-refractivity contribution in [1.29, 1.82) is 0 Å². The van der Waals surface area contributed by atoms with Crippen LogP contribution in [0.1, 0.15) is 17.7 Å². The molecule has 1 aromatic heterocycles. The minimum absolute atomic E-state index is 0.0206. The van der Waals surface area contributed by atoms with Gasteiger partial charge in [0.25, 0.3) is 0 Å². The van der Waals surface area contributed by atoms with Crippen molar-refractivity contribution in [3.8, 4) is 0 Å². The fraction of sp³-hybridized carbons (Fsp3) is 0.583. The van der Waals surface area contributed by atoms with Gasteiger partial charge in [-0.3, -0.25) is 0 Å². The van der Waals surface area contributed by atoms with Crippen molar-refractivity contribution in [3.05, 3.63) is 28.5 Å². The summed E-state index contributed by atoms with van der Waals surface area (Å²) in [4.78, 5) is 4.31. The quantitative estimate of drug-likeness (QED) is 0.832. The first-order valence-corrected chi connectivity index (χ1v) is 5.92. The Balaban J connectivity index is 2.36. The first kappa shape index (κ1) is 12.8. The number of aliphatic hydroxyl groups is 1. The van der Waals surface area contributed by atoms with E-state index in [2.05, 4.69) is 4.98 Å². The lowest BCUT2D eigenvalue weighted by molar-refractivity contribution is 0.138. The number of hydrogen-bond donors (Lipinski definition) is 1. The second kappa shape index (κ2) is 5.31. The Morgan fingerprint density at radius 1 is 1.59 bits per heavy atom. The Morgan fingerprint density at radius 3 is 3.00 bits per heavy atom. The lowest BCUT2D eigenvalue weighted by Crippen LogP contribution is -2.32. The molecule has 0 aromatic carbocycles. The Hall–Kier alpha value is -0.680. The molecule has 0 aliphatic carbocycles. The topological polar surface area (TPSA) is 51.6 Å². The molecule has 1 N–H and O–H groups in total. The van der Waals surface area contributed by atoms with Gasteiger partial charge in [-0.2, -0.15) is 0 Å². The predicted octanol–water partition coefficient (Wildman–Crippen LogP) is 1.53. The second-order valence-corrected chi connectivity index (χ2v) is 4.74. The molecule has 1 aromatic rings. The first-order valence-electron chi connectivity index (χ1n) is 5.55. The van der Waals surface area contributed by atoms with E-state index < -0.39 is 5.41 Å². The Bertz CT molecular complexity index is 391. The summed E-state index contributed by atoms with van der Waals surface area (Å²) in [6.45, 7) is 1.64. The third kappa shape index (κ3) is 2.60. The summed E-state index contributed by atoms with van der Waals surface area (Å²) < 4.78 is 10.5. The third-order valence-corrected chi connectivity index (χ3v) is 3.31. The Morgan fingerprint density at radius 2 is 2.41 bits per heavy atom. The summed E-state index contributed by atoms with van der Waals surface area (Å²) in [7, 11) is 1.63. The number of methoxy groups -OCH3 is 1. The van der Waals surface area contributed by atoms with Gasteiger partial charge in [-0.1, -0.05) is 11.6 Å². The molecule has 5 heteroatoms. The van der Waals surface area contributed by atoms with Crippen LogP contribution in [0, 0.1) is 0 Å². The van der Waals surface area contributed by atoms with Gasteiger partial charge >= 0.3 is 0 Å². The van der Waals surface area contributed by atoms with Gasteiger partial charge in [0.15, 0.2) is 0 Å². The molecule has 1 saturated heterocycles. The molecule has 0 bridgehead atoms. The van der Waals surface area contributed by atoms with Crippen LogP contribution < -0.4 is 0 Å². The Kier molecular flexibility index (Phi) is 3.99. The molecule has 1 fully saturated rings. The van der Waals surface area contributed by atoms with Crippen LogP contribution in [0.5, 0.6) is 0 Å². The van der Waals surface area contributed by atoms with Crippen molar-refractivity contribution in [2.24, 2.45) is 0 Å². The third-order valence-electron chi connectivity index (χ3n) is 3.11. The minimum atomic E-state index is -0.409. The normalized spacial score (nSPS) is 24.2. The molecule has 0 saturated carbocycles. The van der Waals surface area contributed by atoms with Gasteiger partial charge in [0.1, 0.15) is 5.15 Å². The molecule has 0 amide bonds. The van der Waals surface area contributed by atoms with E-state index in [1.165, 1.54) is 0 Å². The number of rotatable bonds is 4. The maximum atomic E-state index is 9.59. The van der Waals surface area contributed by atoms with E-state index in [1.54, 1.807) is 13.2 Å². The lowest BCUT2D eigenvalue weighted by atomic mass is 9.84. The maximum Gasteiger partial charge on any atom is 0.129 e. The second-order valence-electron chi connectivity index (χ2n) is 4.36. The van der Waals surface area contributed by atoms with Crippen molar-refractivity contribution in [2.75, 3.05) is 26.9 Å². The highest BCUT2D eigenvalue weighted by atomic mass is 35.5. The Labute approximate surface area is 106 Å². The largest absolute Gasteiger partial charge is 0.395 e. The van der Waals surface area contributed by atoms with Crippen LogP contribution in [0.2, 0.25) is 5.15 Å². The monoisotopic (exact) mass is 257 g/mol. The highest BCUT2D eigenvalue weighted by Crippen LogP contribution is 2.32. The van der Waals surface area contributed by atoms with Gasteiger partial charge in [0, 0.05) is 13.7 Å². The van der Waals surface area contributed by atoms with E-state index >= 15 is 0 Å². The highest BCUT2D eigenvalue weighted by molar-refractivity contribution is 6.29. The van der Waals surface area contributed by atoms with E-state index in [9.17, 15) is 5.11 Å². The fourth-order valence-corrected chi connectivity index (χ4v) is 2.32. The van der Waals surface area contributed by atoms with E-state index in [0.717, 1.165) is 17.7 Å². The zero-order chi connectivity index (χ0) is 12.3. The summed E-state index contributed by atoms with van der Waals surface area (Å²) >= 11 is 5.99. The van der Waals surface area contributed by atoms with Crippen LogP contribution in [0.15, 0.2) is 12.1 Å². The maximum absolute atomic E-state index is 9.59. The van der Waals surface area contributed by atoms with Gasteiger partial charge in [-0.25, -0.2) is 4.98 Å². The minimum Gasteiger partial charge on any atom is -0.395 e. The molecule has 4 nitrogen and oxygen atoms in total. The molecular weight excluding hydrogens is 242 g/mol. The van der Waals surface area contributed by atoms with Gasteiger partial charge in [0.05, 0.1) is 30.9 Å². The molecule has 17 heavy (non-hydrogen) atoms. The van der Waals surface area contributed by atoms with Crippen molar-refractivity contribution in [1.82, 2.24) is 4.98 Å². The van der Waals surface area contributed by atoms with E-state index in [0.29, 0.717) is 25.0 Å². The molecule has 1 unspecified atom stereocenters. The molecule has 0 spiro atoms. The molecule has 1 aliphatic rings. The van der Waals surface area contributed by atoms with Gasteiger partial charge in [-0.15, -0.1) is 0 Å². The molecule has 0 radical (unpaired) electrons. The van der Waals surface area contributed by atoms with Crippen molar-refractivity contribution in [3.63, 3.8) is 0 Å². The molecular formula is C12H16ClNO3. The number of ether oxygens (including phenoxy) is 2. The molecule has 2 rings (SSSR count). The molecule has 94 valence electrons. The van der Waals surface area contributed by atoms with Crippen molar-refractivity contribution in [2.45, 2.75) is 18.4 Å². The number of nitrogens with zero attached hydrogens (tertiary/aromatic N) is 1. The van der Waals surface area contributed by atoms with Crippen molar-refractivity contribution >= 4 is 11.6 Å². The van der Waals surface area contributed by atoms with Crippen LogP contribution in [0.25, 0.3) is 0 Å². The molecule has 2 heterocycles. The number of pyridine rings is 1. The number of aromatic nitrogens is 1. The average molecular weight is 258 g/mol. The molecule has 1 atom stereocenters. The van der Waals surface area contributed by atoms with Crippen LogP contribution in [-0.2, 0) is 21.5 Å². The fourth-order valence-electron chi connectivity index (χ4n) is 2.09. The van der Waals surface area contributed by atoms with Crippen LogP contribution >= 0.6 is 11.6 Å². The first-order chi connectivity index (χ1) is 8.20. The number of aliphatic hydroxyl groups excluding tert-OH is 1. The summed E-state index contributed by atoms with van der Waals surface area (Å²) in [5.74, 6) is 0. The molecule has 1 aliphatic heterocycles. The SMILES string of the molecule is COCc1cc(Cl)nc(C2(CO)CCOC2)c1. The number of hydrogen-bond acceptors (Lipinski definition) is 4. The van der Waals surface area contributed by atoms with Crippen LogP contribution in [0.4, 0.5) is 0 Å². The highest BCUT2D eigenvalue weighted by Gasteiger charge is 2.38. The van der Waals surface area contributed by atoms with E-state index in [-0.39, 0.29) is 6.61 Å².